The molecule has 0 amide bonds. The van der Waals surface area contributed by atoms with E-state index in [2.05, 4.69) is 42.2 Å². The second kappa shape index (κ2) is 5.77. The van der Waals surface area contributed by atoms with Crippen LogP contribution in [0.4, 0.5) is 0 Å². The largest absolute Gasteiger partial charge is 0.394 e. The van der Waals surface area contributed by atoms with Gasteiger partial charge in [0.1, 0.15) is 0 Å². The molecule has 0 aromatic rings. The Morgan fingerprint density at radius 3 is 2.80 bits per heavy atom. The third kappa shape index (κ3) is 6.13. The molecule has 1 atom stereocenters. The quantitative estimate of drug-likeness (QED) is 0.464. The van der Waals surface area contributed by atoms with E-state index in [1.807, 2.05) is 6.08 Å². The predicted octanol–water partition coefficient (Wildman–Crippen LogP) is 2.82. The molecule has 0 aliphatic heterocycles. The van der Waals surface area contributed by atoms with E-state index in [0.29, 0.717) is 5.92 Å². The summed E-state index contributed by atoms with van der Waals surface area (Å²) in [5.74, 6) is 0.579. The minimum atomic E-state index is 0.579. The summed E-state index contributed by atoms with van der Waals surface area (Å²) in [4.78, 5) is 0. The number of hydrogen-bond acceptors (Lipinski definition) is 1. The van der Waals surface area contributed by atoms with Gasteiger partial charge in [0.25, 0.3) is 0 Å². The van der Waals surface area contributed by atoms with Gasteiger partial charge in [0.05, 0.1) is 3.70 Å². The number of halogens is 1. The molecule has 0 heterocycles. The molecule has 0 aliphatic carbocycles. The molecule has 2 N–H and O–H groups in total. The van der Waals surface area contributed by atoms with Crippen LogP contribution in [0.15, 0.2) is 22.4 Å². The van der Waals surface area contributed by atoms with Gasteiger partial charge < -0.3 is 5.73 Å². The standard InChI is InChI=1S/C8H14IN/c1-3-4-5-7(2)6-8(9)10/h3,6-7H,1,4-5,10H2,2H3/b8-6-. The van der Waals surface area contributed by atoms with Crippen LogP contribution in [-0.4, -0.2) is 0 Å². The highest BCUT2D eigenvalue weighted by atomic mass is 127. The molecule has 0 rings (SSSR count). The minimum absolute atomic E-state index is 0.579. The Balaban J connectivity index is 3.52. The van der Waals surface area contributed by atoms with Gasteiger partial charge in [0.2, 0.25) is 0 Å². The van der Waals surface area contributed by atoms with Crippen molar-refractivity contribution in [2.24, 2.45) is 11.7 Å². The smallest absolute Gasteiger partial charge is 0.0668 e. The average molecular weight is 251 g/mol. The van der Waals surface area contributed by atoms with Gasteiger partial charge in [-0.15, -0.1) is 6.58 Å². The summed E-state index contributed by atoms with van der Waals surface area (Å²) < 4.78 is 0.883. The SMILES string of the molecule is C=CCCC(C)/C=C(\N)I. The lowest BCUT2D eigenvalue weighted by Crippen LogP contribution is -1.94. The van der Waals surface area contributed by atoms with Crippen LogP contribution in [0.25, 0.3) is 0 Å². The molecule has 0 aromatic heterocycles. The van der Waals surface area contributed by atoms with Gasteiger partial charge in [-0.2, -0.15) is 0 Å². The maximum absolute atomic E-state index is 5.49. The van der Waals surface area contributed by atoms with Gasteiger partial charge in [-0.3, -0.25) is 0 Å². The van der Waals surface area contributed by atoms with Crippen LogP contribution < -0.4 is 5.73 Å². The molecule has 1 unspecified atom stereocenters. The van der Waals surface area contributed by atoms with Gasteiger partial charge in [0, 0.05) is 0 Å². The van der Waals surface area contributed by atoms with E-state index in [1.54, 1.807) is 0 Å². The van der Waals surface area contributed by atoms with E-state index in [0.717, 1.165) is 16.5 Å². The van der Waals surface area contributed by atoms with E-state index in [1.165, 1.54) is 0 Å². The van der Waals surface area contributed by atoms with Crippen LogP contribution in [0, 0.1) is 5.92 Å². The lowest BCUT2D eigenvalue weighted by molar-refractivity contribution is 0.657. The molecule has 0 bridgehead atoms. The average Bonchev–Trinajstić information content (AvgIpc) is 1.82. The van der Waals surface area contributed by atoms with E-state index in [9.17, 15) is 0 Å². The Morgan fingerprint density at radius 1 is 1.80 bits per heavy atom. The van der Waals surface area contributed by atoms with E-state index in [4.69, 9.17) is 5.73 Å². The number of allylic oxidation sites excluding steroid dienone is 2. The van der Waals surface area contributed by atoms with Gasteiger partial charge in [-0.25, -0.2) is 0 Å². The number of nitrogens with two attached hydrogens (primary N) is 1. The molecule has 0 aromatic carbocycles. The molecule has 0 radical (unpaired) electrons. The Kier molecular flexibility index (Phi) is 5.78. The van der Waals surface area contributed by atoms with Crippen molar-refractivity contribution in [3.63, 3.8) is 0 Å². The van der Waals surface area contributed by atoms with Crippen LogP contribution in [0.5, 0.6) is 0 Å². The highest BCUT2D eigenvalue weighted by Crippen LogP contribution is 2.10. The first-order chi connectivity index (χ1) is 4.66. The molecule has 2 heteroatoms. The van der Waals surface area contributed by atoms with Crippen molar-refractivity contribution >= 4 is 22.6 Å². The molecule has 0 spiro atoms. The highest BCUT2D eigenvalue weighted by molar-refractivity contribution is 14.1. The van der Waals surface area contributed by atoms with Crippen LogP contribution in [0.3, 0.4) is 0 Å². The van der Waals surface area contributed by atoms with Crippen molar-refractivity contribution in [2.45, 2.75) is 19.8 Å². The fourth-order valence-electron chi connectivity index (χ4n) is 0.736. The van der Waals surface area contributed by atoms with Crippen LogP contribution >= 0.6 is 22.6 Å². The summed E-state index contributed by atoms with van der Waals surface area (Å²) in [5.41, 5.74) is 5.49. The second-order valence-corrected chi connectivity index (χ2v) is 3.64. The summed E-state index contributed by atoms with van der Waals surface area (Å²) >= 11 is 2.12. The van der Waals surface area contributed by atoms with Crippen LogP contribution in [0.2, 0.25) is 0 Å². The van der Waals surface area contributed by atoms with Crippen molar-refractivity contribution in [2.75, 3.05) is 0 Å². The topological polar surface area (TPSA) is 26.0 Å². The molecule has 58 valence electrons. The molecule has 0 fully saturated rings. The monoisotopic (exact) mass is 251 g/mol. The molecule has 1 nitrogen and oxygen atoms in total. The van der Waals surface area contributed by atoms with Gasteiger partial charge in [-0.05, 0) is 41.4 Å². The van der Waals surface area contributed by atoms with Crippen LogP contribution in [-0.2, 0) is 0 Å². The first-order valence-corrected chi connectivity index (χ1v) is 4.48. The zero-order chi connectivity index (χ0) is 7.98. The van der Waals surface area contributed by atoms with Crippen molar-refractivity contribution in [3.05, 3.63) is 22.4 Å². The third-order valence-corrected chi connectivity index (χ3v) is 1.63. The van der Waals surface area contributed by atoms with E-state index >= 15 is 0 Å². The Morgan fingerprint density at radius 2 is 2.40 bits per heavy atom. The summed E-state index contributed by atoms with van der Waals surface area (Å²) in [6, 6.07) is 0. The first-order valence-electron chi connectivity index (χ1n) is 3.40. The number of hydrogen-bond donors (Lipinski definition) is 1. The summed E-state index contributed by atoms with van der Waals surface area (Å²) in [5, 5.41) is 0. The predicted molar refractivity (Wildman–Crippen MR) is 54.9 cm³/mol. The Labute approximate surface area is 76.5 Å². The second-order valence-electron chi connectivity index (χ2n) is 2.39. The summed E-state index contributed by atoms with van der Waals surface area (Å²) in [6.07, 6.45) is 6.23. The highest BCUT2D eigenvalue weighted by Gasteiger charge is 1.95. The zero-order valence-corrected chi connectivity index (χ0v) is 8.47. The van der Waals surface area contributed by atoms with Crippen LogP contribution in [0.1, 0.15) is 19.8 Å². The first kappa shape index (κ1) is 10.0. The van der Waals surface area contributed by atoms with Gasteiger partial charge in [-0.1, -0.05) is 19.1 Å². The van der Waals surface area contributed by atoms with Gasteiger partial charge in [0.15, 0.2) is 0 Å². The molecule has 0 aliphatic rings. The maximum atomic E-state index is 5.49. The number of rotatable bonds is 4. The van der Waals surface area contributed by atoms with Crippen molar-refractivity contribution in [1.82, 2.24) is 0 Å². The molecule has 0 saturated carbocycles. The zero-order valence-electron chi connectivity index (χ0n) is 6.31. The minimum Gasteiger partial charge on any atom is -0.394 e. The van der Waals surface area contributed by atoms with Crippen molar-refractivity contribution in [3.8, 4) is 0 Å². The molecular formula is C8H14IN. The van der Waals surface area contributed by atoms with E-state index in [-0.39, 0.29) is 0 Å². The fraction of sp³-hybridized carbons (Fsp3) is 0.500. The molecule has 10 heavy (non-hydrogen) atoms. The van der Waals surface area contributed by atoms with Crippen molar-refractivity contribution in [1.29, 1.82) is 0 Å². The Hall–Kier alpha value is 0.0100. The summed E-state index contributed by atoms with van der Waals surface area (Å²) in [6.45, 7) is 5.82. The van der Waals surface area contributed by atoms with E-state index < -0.39 is 0 Å². The Bertz CT molecular complexity index is 125. The maximum Gasteiger partial charge on any atom is 0.0668 e. The molecule has 0 saturated heterocycles. The lowest BCUT2D eigenvalue weighted by atomic mass is 10.1. The summed E-state index contributed by atoms with van der Waals surface area (Å²) in [7, 11) is 0. The third-order valence-electron chi connectivity index (χ3n) is 1.27. The fourth-order valence-corrected chi connectivity index (χ4v) is 1.35. The lowest BCUT2D eigenvalue weighted by Gasteiger charge is -2.02. The van der Waals surface area contributed by atoms with Gasteiger partial charge >= 0.3 is 0 Å². The van der Waals surface area contributed by atoms with Crippen molar-refractivity contribution < 1.29 is 0 Å². The molecular weight excluding hydrogens is 237 g/mol. The normalized spacial score (nSPS) is 14.8.